The van der Waals surface area contributed by atoms with Crippen LogP contribution in [0.25, 0.3) is 0 Å². The van der Waals surface area contributed by atoms with Crippen LogP contribution in [-0.2, 0) is 6.54 Å². The highest BCUT2D eigenvalue weighted by Crippen LogP contribution is 2.40. The first-order valence-electron chi connectivity index (χ1n) is 10.3. The number of carbonyl (C=O) groups is 1. The van der Waals surface area contributed by atoms with Gasteiger partial charge in [-0.2, -0.15) is 5.26 Å². The van der Waals surface area contributed by atoms with E-state index in [1.54, 1.807) is 0 Å². The van der Waals surface area contributed by atoms with Crippen LogP contribution in [0.3, 0.4) is 0 Å². The van der Waals surface area contributed by atoms with Crippen LogP contribution in [0.4, 0.5) is 28.0 Å². The van der Waals surface area contributed by atoms with Crippen LogP contribution >= 0.6 is 0 Å². The van der Waals surface area contributed by atoms with Crippen molar-refractivity contribution in [1.29, 1.82) is 5.26 Å². The molecular formula is C24H21F4N5O3. The van der Waals surface area contributed by atoms with Crippen molar-refractivity contribution in [3.05, 3.63) is 75.8 Å². The standard InChI is InChI=1S/C24H21F4N5O3/c1-12-10-32(22-19(27)17(35-3)8-18(36-4)20(22)28)24(34)33(21(12)16(9-29)23(30)31-2)11-13-5-14(25)7-15(26)6-13/h5-8H,2,10-11,30H2,1,3-4H3/b23-16-. The third-order valence-electron chi connectivity index (χ3n) is 5.39. The van der Waals surface area contributed by atoms with Crippen molar-refractivity contribution in [3.8, 4) is 17.6 Å². The molecule has 3 rings (SSSR count). The lowest BCUT2D eigenvalue weighted by molar-refractivity contribution is 0.213. The highest BCUT2D eigenvalue weighted by Gasteiger charge is 2.38. The number of carbonyl (C=O) groups excluding carboxylic acids is 1. The van der Waals surface area contributed by atoms with Gasteiger partial charge in [-0.25, -0.2) is 27.3 Å². The molecule has 1 heterocycles. The monoisotopic (exact) mass is 503 g/mol. The van der Waals surface area contributed by atoms with Gasteiger partial charge in [-0.3, -0.25) is 9.80 Å². The van der Waals surface area contributed by atoms with Gasteiger partial charge in [-0.05, 0) is 36.9 Å². The van der Waals surface area contributed by atoms with Gasteiger partial charge in [0.2, 0.25) is 0 Å². The van der Waals surface area contributed by atoms with E-state index in [4.69, 9.17) is 15.2 Å². The Morgan fingerprint density at radius 3 is 2.14 bits per heavy atom. The first-order chi connectivity index (χ1) is 17.1. The fourth-order valence-corrected chi connectivity index (χ4v) is 3.83. The third kappa shape index (κ3) is 4.68. The van der Waals surface area contributed by atoms with E-state index in [1.165, 1.54) is 6.92 Å². The number of hydrogen-bond donors (Lipinski definition) is 1. The van der Waals surface area contributed by atoms with Crippen molar-refractivity contribution in [2.75, 3.05) is 25.7 Å². The molecule has 0 fully saturated rings. The van der Waals surface area contributed by atoms with E-state index < -0.39 is 41.5 Å². The Kier molecular flexibility index (Phi) is 7.53. The van der Waals surface area contributed by atoms with E-state index in [2.05, 4.69) is 11.7 Å². The minimum absolute atomic E-state index is 0.000380. The second-order valence-corrected chi connectivity index (χ2v) is 7.65. The van der Waals surface area contributed by atoms with Crippen molar-refractivity contribution < 1.29 is 31.8 Å². The molecule has 8 nitrogen and oxygen atoms in total. The second kappa shape index (κ2) is 10.4. The summed E-state index contributed by atoms with van der Waals surface area (Å²) in [6, 6.07) is 4.40. The number of methoxy groups -OCH3 is 2. The summed E-state index contributed by atoms with van der Waals surface area (Å²) in [7, 11) is 2.31. The zero-order valence-electron chi connectivity index (χ0n) is 19.5. The normalized spacial score (nSPS) is 14.4. The summed E-state index contributed by atoms with van der Waals surface area (Å²) in [6.07, 6.45) is 0. The van der Waals surface area contributed by atoms with Crippen LogP contribution in [0.2, 0.25) is 0 Å². The Balaban J connectivity index is 2.27. The molecule has 1 aliphatic heterocycles. The zero-order valence-corrected chi connectivity index (χ0v) is 19.5. The molecule has 2 N–H and O–H groups in total. The Morgan fingerprint density at radius 2 is 1.67 bits per heavy atom. The van der Waals surface area contributed by atoms with Gasteiger partial charge in [-0.1, -0.05) is 0 Å². The minimum Gasteiger partial charge on any atom is -0.493 e. The number of anilines is 1. The van der Waals surface area contributed by atoms with E-state index in [1.807, 2.05) is 6.07 Å². The summed E-state index contributed by atoms with van der Waals surface area (Å²) in [6.45, 7) is 3.92. The van der Waals surface area contributed by atoms with E-state index in [0.29, 0.717) is 6.07 Å². The topological polar surface area (TPSA) is 104 Å². The molecule has 0 unspecified atom stereocenters. The van der Waals surface area contributed by atoms with Crippen LogP contribution in [0.5, 0.6) is 11.5 Å². The predicted octanol–water partition coefficient (Wildman–Crippen LogP) is 4.37. The Labute approximate surface area is 204 Å². The average molecular weight is 503 g/mol. The lowest BCUT2D eigenvalue weighted by Crippen LogP contribution is -2.49. The Hall–Kier alpha value is -4.53. The molecule has 36 heavy (non-hydrogen) atoms. The van der Waals surface area contributed by atoms with Crippen LogP contribution < -0.4 is 20.1 Å². The van der Waals surface area contributed by atoms with Gasteiger partial charge in [0.25, 0.3) is 0 Å². The number of hydrogen-bond acceptors (Lipinski definition) is 6. The molecule has 2 aromatic rings. The number of rotatable bonds is 7. The SMILES string of the molecule is C=N/C(N)=C(/C#N)C1=C(C)CN(c2c(F)c(OC)cc(OC)c2F)C(=O)N1Cc1cc(F)cc(F)c1. The smallest absolute Gasteiger partial charge is 0.329 e. The molecule has 0 radical (unpaired) electrons. The van der Waals surface area contributed by atoms with Gasteiger partial charge in [0.15, 0.2) is 23.1 Å². The molecule has 0 bridgehead atoms. The van der Waals surface area contributed by atoms with Gasteiger partial charge >= 0.3 is 6.03 Å². The maximum Gasteiger partial charge on any atom is 0.329 e. The van der Waals surface area contributed by atoms with E-state index in [-0.39, 0.29) is 46.3 Å². The fourth-order valence-electron chi connectivity index (χ4n) is 3.83. The Bertz CT molecular complexity index is 1300. The predicted molar refractivity (Wildman–Crippen MR) is 123 cm³/mol. The maximum absolute atomic E-state index is 15.2. The van der Waals surface area contributed by atoms with Crippen LogP contribution in [0.1, 0.15) is 12.5 Å². The second-order valence-electron chi connectivity index (χ2n) is 7.65. The number of nitriles is 1. The number of halogens is 4. The van der Waals surface area contributed by atoms with E-state index in [9.17, 15) is 18.8 Å². The van der Waals surface area contributed by atoms with Crippen molar-refractivity contribution in [2.45, 2.75) is 13.5 Å². The molecular weight excluding hydrogens is 482 g/mol. The van der Waals surface area contributed by atoms with Gasteiger partial charge < -0.3 is 15.2 Å². The molecule has 0 aromatic heterocycles. The first-order valence-corrected chi connectivity index (χ1v) is 10.3. The molecule has 188 valence electrons. The molecule has 0 atom stereocenters. The number of ether oxygens (including phenoxy) is 2. The van der Waals surface area contributed by atoms with Crippen molar-refractivity contribution in [1.82, 2.24) is 4.90 Å². The number of aliphatic imine (C=N–C) groups is 1. The molecule has 0 spiro atoms. The van der Waals surface area contributed by atoms with Crippen molar-refractivity contribution in [2.24, 2.45) is 10.7 Å². The van der Waals surface area contributed by atoms with Crippen molar-refractivity contribution >= 4 is 18.4 Å². The van der Waals surface area contributed by atoms with Gasteiger partial charge in [0.1, 0.15) is 34.8 Å². The van der Waals surface area contributed by atoms with E-state index >= 15 is 8.78 Å². The van der Waals surface area contributed by atoms with Gasteiger partial charge in [-0.15, -0.1) is 0 Å². The van der Waals surface area contributed by atoms with Crippen LogP contribution in [-0.4, -0.2) is 38.4 Å². The summed E-state index contributed by atoms with van der Waals surface area (Å²) in [4.78, 5) is 18.9. The maximum atomic E-state index is 15.2. The number of nitrogens with two attached hydrogens (primary N) is 1. The molecule has 0 saturated carbocycles. The number of nitrogens with zero attached hydrogens (tertiary/aromatic N) is 4. The number of allylic oxidation sites excluding steroid dienone is 1. The van der Waals surface area contributed by atoms with Gasteiger partial charge in [0, 0.05) is 12.1 Å². The highest BCUT2D eigenvalue weighted by atomic mass is 19.1. The highest BCUT2D eigenvalue weighted by molar-refractivity contribution is 5.96. The Morgan fingerprint density at radius 1 is 1.11 bits per heavy atom. The summed E-state index contributed by atoms with van der Waals surface area (Å²) >= 11 is 0. The lowest BCUT2D eigenvalue weighted by Gasteiger charge is -2.38. The van der Waals surface area contributed by atoms with Crippen LogP contribution in [0, 0.1) is 34.6 Å². The molecule has 1 aliphatic rings. The number of amides is 2. The van der Waals surface area contributed by atoms with E-state index in [0.717, 1.165) is 42.2 Å². The number of benzene rings is 2. The minimum atomic E-state index is -1.18. The first kappa shape index (κ1) is 26.1. The van der Waals surface area contributed by atoms with Crippen LogP contribution in [0.15, 0.2) is 51.9 Å². The third-order valence-corrected chi connectivity index (χ3v) is 5.39. The summed E-state index contributed by atoms with van der Waals surface area (Å²) in [5, 5.41) is 9.73. The van der Waals surface area contributed by atoms with Crippen molar-refractivity contribution in [3.63, 3.8) is 0 Å². The zero-order chi connectivity index (χ0) is 26.7. The summed E-state index contributed by atoms with van der Waals surface area (Å²) in [5.41, 5.74) is 5.02. The molecule has 0 saturated heterocycles. The number of urea groups is 1. The summed E-state index contributed by atoms with van der Waals surface area (Å²) in [5.74, 6) is -5.28. The molecule has 12 heteroatoms. The molecule has 2 amide bonds. The average Bonchev–Trinajstić information content (AvgIpc) is 2.83. The largest absolute Gasteiger partial charge is 0.493 e. The summed E-state index contributed by atoms with van der Waals surface area (Å²) < 4.78 is 68.2. The quantitative estimate of drug-likeness (QED) is 0.343. The fraction of sp³-hybridized carbons (Fsp3) is 0.208. The van der Waals surface area contributed by atoms with Gasteiger partial charge in [0.05, 0.1) is 33.0 Å². The molecule has 0 aliphatic carbocycles. The lowest BCUT2D eigenvalue weighted by atomic mass is 10.0. The molecule has 2 aromatic carbocycles.